The Hall–Kier alpha value is -2.74. The maximum Gasteiger partial charge on any atom is 0.409 e. The lowest BCUT2D eigenvalue weighted by molar-refractivity contribution is 0.115. The topological polar surface area (TPSA) is 78.8 Å². The van der Waals surface area contributed by atoms with Gasteiger partial charge in [-0.05, 0) is 56.8 Å². The number of hydrogen-bond acceptors (Lipinski definition) is 5. The van der Waals surface area contributed by atoms with Crippen molar-refractivity contribution in [1.82, 2.24) is 10.2 Å². The van der Waals surface area contributed by atoms with Crippen molar-refractivity contribution >= 4 is 34.8 Å². The zero-order valence-electron chi connectivity index (χ0n) is 16.2. The third-order valence-corrected chi connectivity index (χ3v) is 4.69. The molecule has 0 aliphatic carbocycles. The van der Waals surface area contributed by atoms with Crippen molar-refractivity contribution < 1.29 is 13.9 Å². The molecule has 3 rings (SSSR count). The number of nitrogens with zero attached hydrogens (tertiary/aromatic N) is 1. The number of amides is 1. The van der Waals surface area contributed by atoms with Crippen LogP contribution in [0.4, 0.5) is 16.2 Å². The molecule has 1 aromatic carbocycles. The van der Waals surface area contributed by atoms with E-state index in [0.717, 1.165) is 29.3 Å². The molecule has 1 aliphatic heterocycles. The number of hydrogen-bond donors (Lipinski definition) is 3. The highest BCUT2D eigenvalue weighted by molar-refractivity contribution is 7.80. The van der Waals surface area contributed by atoms with Gasteiger partial charge in [0.25, 0.3) is 0 Å². The molecule has 1 atom stereocenters. The molecule has 1 aliphatic rings. The Bertz CT molecular complexity index is 823. The van der Waals surface area contributed by atoms with Crippen molar-refractivity contribution in [1.29, 1.82) is 0 Å². The highest BCUT2D eigenvalue weighted by Gasteiger charge is 2.27. The first-order chi connectivity index (χ1) is 13.5. The summed E-state index contributed by atoms with van der Waals surface area (Å²) < 4.78 is 10.6. The number of furan rings is 1. The maximum absolute atomic E-state index is 11.8. The number of nitrogens with one attached hydrogen (secondary N) is 3. The number of thiocarbonyl (C=S) groups is 1. The summed E-state index contributed by atoms with van der Waals surface area (Å²) in [6.45, 7) is 5.95. The first-order valence-corrected chi connectivity index (χ1v) is 9.83. The number of ether oxygens (including phenoxy) is 1. The fourth-order valence-corrected chi connectivity index (χ4v) is 3.39. The van der Waals surface area contributed by atoms with Crippen LogP contribution in [0, 0.1) is 6.92 Å². The normalized spacial score (nSPS) is 15.9. The van der Waals surface area contributed by atoms with Gasteiger partial charge in [-0.25, -0.2) is 4.79 Å². The lowest BCUT2D eigenvalue weighted by atomic mass is 10.2. The lowest BCUT2D eigenvalue weighted by Crippen LogP contribution is -2.40. The van der Waals surface area contributed by atoms with Crippen LogP contribution >= 0.6 is 12.2 Å². The van der Waals surface area contributed by atoms with E-state index in [2.05, 4.69) is 16.0 Å². The van der Waals surface area contributed by atoms with Gasteiger partial charge in [-0.15, -0.1) is 0 Å². The summed E-state index contributed by atoms with van der Waals surface area (Å²) in [4.78, 5) is 13.5. The first kappa shape index (κ1) is 20.0. The predicted molar refractivity (Wildman–Crippen MR) is 114 cm³/mol. The molecule has 2 aromatic rings. The monoisotopic (exact) mass is 402 g/mol. The van der Waals surface area contributed by atoms with Gasteiger partial charge < -0.3 is 30.0 Å². The standard InChI is InChI=1S/C20H26N4O3S/c1-3-26-20(25)24-11-10-15(13-24)22-19(28)23-18-7-5-4-6-17(18)21-12-16-9-8-14(2)27-16/h4-9,15,21H,3,10-13H2,1-2H3,(H2,22,23,28). The average Bonchev–Trinajstić information content (AvgIpc) is 3.30. The first-order valence-electron chi connectivity index (χ1n) is 9.42. The Morgan fingerprint density at radius 3 is 2.79 bits per heavy atom. The molecule has 150 valence electrons. The van der Waals surface area contributed by atoms with E-state index in [1.807, 2.05) is 43.3 Å². The largest absolute Gasteiger partial charge is 0.465 e. The maximum atomic E-state index is 11.8. The average molecular weight is 403 g/mol. The predicted octanol–water partition coefficient (Wildman–Crippen LogP) is 3.72. The Kier molecular flexibility index (Phi) is 6.76. The molecule has 0 spiro atoms. The number of likely N-dealkylation sites (tertiary alicyclic amines) is 1. The molecular weight excluding hydrogens is 376 g/mol. The van der Waals surface area contributed by atoms with Crippen molar-refractivity contribution in [2.75, 3.05) is 30.3 Å². The summed E-state index contributed by atoms with van der Waals surface area (Å²) in [5.74, 6) is 1.76. The third-order valence-electron chi connectivity index (χ3n) is 4.47. The molecule has 1 fully saturated rings. The SMILES string of the molecule is CCOC(=O)N1CCC(NC(=S)Nc2ccccc2NCc2ccc(C)o2)C1. The Morgan fingerprint density at radius 2 is 2.07 bits per heavy atom. The molecule has 1 amide bonds. The Balaban J connectivity index is 1.52. The molecule has 1 unspecified atom stereocenters. The minimum atomic E-state index is -0.270. The third kappa shape index (κ3) is 5.39. The van der Waals surface area contributed by atoms with E-state index >= 15 is 0 Å². The van der Waals surface area contributed by atoms with Crippen molar-refractivity contribution in [2.45, 2.75) is 32.9 Å². The van der Waals surface area contributed by atoms with Crippen LogP contribution in [0.5, 0.6) is 0 Å². The molecular formula is C20H26N4O3S. The zero-order chi connectivity index (χ0) is 19.9. The van der Waals surface area contributed by atoms with Crippen LogP contribution in [0.2, 0.25) is 0 Å². The molecule has 8 heteroatoms. The second kappa shape index (κ2) is 9.45. The molecule has 0 bridgehead atoms. The van der Waals surface area contributed by atoms with Crippen LogP contribution in [0.1, 0.15) is 24.9 Å². The Labute approximate surface area is 170 Å². The van der Waals surface area contributed by atoms with E-state index in [1.54, 1.807) is 11.8 Å². The fourth-order valence-electron chi connectivity index (χ4n) is 3.11. The molecule has 28 heavy (non-hydrogen) atoms. The van der Waals surface area contributed by atoms with Gasteiger partial charge in [0.1, 0.15) is 11.5 Å². The second-order valence-corrected chi connectivity index (χ2v) is 7.05. The highest BCUT2D eigenvalue weighted by Crippen LogP contribution is 2.22. The van der Waals surface area contributed by atoms with Crippen LogP contribution in [-0.4, -0.2) is 41.8 Å². The number of para-hydroxylation sites is 2. The summed E-state index contributed by atoms with van der Waals surface area (Å²) >= 11 is 5.47. The highest BCUT2D eigenvalue weighted by atomic mass is 32.1. The van der Waals surface area contributed by atoms with Crippen molar-refractivity contribution in [3.8, 4) is 0 Å². The summed E-state index contributed by atoms with van der Waals surface area (Å²) in [7, 11) is 0. The number of rotatable bonds is 6. The van der Waals surface area contributed by atoms with Gasteiger partial charge in [0.05, 0.1) is 24.5 Å². The number of carbonyl (C=O) groups is 1. The van der Waals surface area contributed by atoms with E-state index in [0.29, 0.717) is 31.4 Å². The smallest absolute Gasteiger partial charge is 0.409 e. The van der Waals surface area contributed by atoms with E-state index in [1.165, 1.54) is 0 Å². The molecule has 1 saturated heterocycles. The fraction of sp³-hybridized carbons (Fsp3) is 0.400. The van der Waals surface area contributed by atoms with Crippen molar-refractivity contribution in [3.05, 3.63) is 47.9 Å². The van der Waals surface area contributed by atoms with Crippen molar-refractivity contribution in [3.63, 3.8) is 0 Å². The number of anilines is 2. The molecule has 2 heterocycles. The van der Waals surface area contributed by atoms with Gasteiger partial charge >= 0.3 is 6.09 Å². The molecule has 1 aromatic heterocycles. The van der Waals surface area contributed by atoms with Crippen LogP contribution < -0.4 is 16.0 Å². The van der Waals surface area contributed by atoms with E-state index in [9.17, 15) is 4.79 Å². The number of aryl methyl sites for hydroxylation is 1. The molecule has 3 N–H and O–H groups in total. The lowest BCUT2D eigenvalue weighted by Gasteiger charge is -2.19. The van der Waals surface area contributed by atoms with E-state index < -0.39 is 0 Å². The van der Waals surface area contributed by atoms with Gasteiger partial charge in [-0.3, -0.25) is 0 Å². The summed E-state index contributed by atoms with van der Waals surface area (Å²) in [6.07, 6.45) is 0.562. The minimum absolute atomic E-state index is 0.107. The zero-order valence-corrected chi connectivity index (χ0v) is 17.0. The number of benzene rings is 1. The van der Waals surface area contributed by atoms with E-state index in [-0.39, 0.29) is 12.1 Å². The van der Waals surface area contributed by atoms with Gasteiger partial charge in [-0.1, -0.05) is 12.1 Å². The van der Waals surface area contributed by atoms with Crippen LogP contribution in [0.3, 0.4) is 0 Å². The molecule has 7 nitrogen and oxygen atoms in total. The summed E-state index contributed by atoms with van der Waals surface area (Å²) in [5.41, 5.74) is 1.81. The summed E-state index contributed by atoms with van der Waals surface area (Å²) in [6, 6.07) is 11.9. The van der Waals surface area contributed by atoms with Gasteiger partial charge in [-0.2, -0.15) is 0 Å². The Morgan fingerprint density at radius 1 is 1.29 bits per heavy atom. The second-order valence-electron chi connectivity index (χ2n) is 6.64. The van der Waals surface area contributed by atoms with E-state index in [4.69, 9.17) is 21.4 Å². The van der Waals surface area contributed by atoms with Crippen LogP contribution in [0.15, 0.2) is 40.8 Å². The quantitative estimate of drug-likeness (QED) is 0.636. The number of carbonyl (C=O) groups excluding carboxylic acids is 1. The summed E-state index contributed by atoms with van der Waals surface area (Å²) in [5, 5.41) is 10.4. The van der Waals surface area contributed by atoms with Gasteiger partial charge in [0.2, 0.25) is 0 Å². The van der Waals surface area contributed by atoms with Crippen LogP contribution in [0.25, 0.3) is 0 Å². The van der Waals surface area contributed by atoms with Crippen LogP contribution in [-0.2, 0) is 11.3 Å². The molecule has 0 saturated carbocycles. The minimum Gasteiger partial charge on any atom is -0.465 e. The van der Waals surface area contributed by atoms with Gasteiger partial charge in [0, 0.05) is 19.1 Å². The van der Waals surface area contributed by atoms with Crippen molar-refractivity contribution in [2.24, 2.45) is 0 Å². The van der Waals surface area contributed by atoms with Gasteiger partial charge in [0.15, 0.2) is 5.11 Å². The molecule has 0 radical (unpaired) electrons.